The van der Waals surface area contributed by atoms with Crippen molar-refractivity contribution in [3.63, 3.8) is 0 Å². The minimum Gasteiger partial charge on any atom is -0.497 e. The number of aliphatic imine (C=N–C) groups is 1. The predicted octanol–water partition coefficient (Wildman–Crippen LogP) is 3.62. The van der Waals surface area contributed by atoms with E-state index in [1.807, 2.05) is 30.7 Å². The average Bonchev–Trinajstić information content (AvgIpc) is 3.02. The highest BCUT2D eigenvalue weighted by atomic mass is 16.5. The molecule has 1 unspecified atom stereocenters. The number of hydrogen-bond donors (Lipinski definition) is 2. The summed E-state index contributed by atoms with van der Waals surface area (Å²) in [6, 6.07) is 8.51. The van der Waals surface area contributed by atoms with Gasteiger partial charge in [0.25, 0.3) is 0 Å². The van der Waals surface area contributed by atoms with Crippen molar-refractivity contribution in [2.24, 2.45) is 17.5 Å². The molecule has 2 N–H and O–H groups in total. The molecule has 166 valence electrons. The highest BCUT2D eigenvalue weighted by Crippen LogP contribution is 2.21. The van der Waals surface area contributed by atoms with Gasteiger partial charge in [-0.3, -0.25) is 0 Å². The minimum absolute atomic E-state index is 0.325. The molecular formula is C23H38N6O. The summed E-state index contributed by atoms with van der Waals surface area (Å²) in [6.07, 6.45) is 3.15. The third-order valence-electron chi connectivity index (χ3n) is 5.14. The molecule has 0 fully saturated rings. The Kier molecular flexibility index (Phi) is 8.69. The number of aryl methyl sites for hydroxylation is 1. The fraction of sp³-hybridized carbons (Fsp3) is 0.609. The van der Waals surface area contributed by atoms with Crippen LogP contribution in [0, 0.1) is 12.3 Å². The van der Waals surface area contributed by atoms with Gasteiger partial charge in [-0.1, -0.05) is 32.9 Å². The summed E-state index contributed by atoms with van der Waals surface area (Å²) < 4.78 is 7.20. The van der Waals surface area contributed by atoms with Gasteiger partial charge in [0.05, 0.1) is 7.11 Å². The molecule has 0 bridgehead atoms. The van der Waals surface area contributed by atoms with Gasteiger partial charge in [-0.05, 0) is 56.2 Å². The number of hydrogen-bond acceptors (Lipinski definition) is 4. The first-order valence-electron chi connectivity index (χ1n) is 10.7. The van der Waals surface area contributed by atoms with Gasteiger partial charge in [0.15, 0.2) is 11.8 Å². The number of rotatable bonds is 9. The standard InChI is InChI=1S/C23H38N6O/c1-17(12-14-23(3,4)5)26-22(25-16-21-28-27-18(2)29(21)6)24-15-13-19-8-10-20(30-7)11-9-19/h8-11,17H,12-16H2,1-7H3,(H2,24,25,26). The monoisotopic (exact) mass is 414 g/mol. The molecule has 1 aromatic heterocycles. The van der Waals surface area contributed by atoms with Crippen LogP contribution in [0.4, 0.5) is 0 Å². The number of methoxy groups -OCH3 is 1. The maximum Gasteiger partial charge on any atom is 0.191 e. The number of guanidine groups is 1. The Morgan fingerprint density at radius 1 is 1.20 bits per heavy atom. The van der Waals surface area contributed by atoms with E-state index in [-0.39, 0.29) is 0 Å². The molecule has 2 rings (SSSR count). The van der Waals surface area contributed by atoms with Crippen LogP contribution in [0.15, 0.2) is 29.3 Å². The number of nitrogens with zero attached hydrogens (tertiary/aromatic N) is 4. The van der Waals surface area contributed by atoms with E-state index in [1.54, 1.807) is 7.11 Å². The SMILES string of the molecule is COc1ccc(CCNC(=NCc2nnc(C)n2C)NC(C)CCC(C)(C)C)cc1. The Morgan fingerprint density at radius 3 is 2.47 bits per heavy atom. The van der Waals surface area contributed by atoms with Crippen molar-refractivity contribution in [1.29, 1.82) is 0 Å². The summed E-state index contributed by atoms with van der Waals surface area (Å²) in [6.45, 7) is 12.3. The maximum absolute atomic E-state index is 5.23. The smallest absolute Gasteiger partial charge is 0.191 e. The molecule has 0 saturated carbocycles. The first kappa shape index (κ1) is 23.7. The number of nitrogens with one attached hydrogen (secondary N) is 2. The fourth-order valence-corrected chi connectivity index (χ4v) is 2.96. The second-order valence-corrected chi connectivity index (χ2v) is 9.06. The zero-order valence-electron chi connectivity index (χ0n) is 19.6. The van der Waals surface area contributed by atoms with E-state index in [0.29, 0.717) is 18.0 Å². The van der Waals surface area contributed by atoms with Crippen molar-refractivity contribution >= 4 is 5.96 Å². The zero-order chi connectivity index (χ0) is 22.1. The second-order valence-electron chi connectivity index (χ2n) is 9.06. The number of benzene rings is 1. The minimum atomic E-state index is 0.325. The zero-order valence-corrected chi connectivity index (χ0v) is 19.6. The van der Waals surface area contributed by atoms with Gasteiger partial charge < -0.3 is 19.9 Å². The van der Waals surface area contributed by atoms with Crippen LogP contribution < -0.4 is 15.4 Å². The maximum atomic E-state index is 5.23. The van der Waals surface area contributed by atoms with Crippen molar-refractivity contribution < 1.29 is 4.74 Å². The molecule has 0 amide bonds. The second kappa shape index (κ2) is 11.0. The van der Waals surface area contributed by atoms with Crippen molar-refractivity contribution in [3.8, 4) is 5.75 Å². The average molecular weight is 415 g/mol. The molecular weight excluding hydrogens is 376 g/mol. The van der Waals surface area contributed by atoms with E-state index in [4.69, 9.17) is 9.73 Å². The molecule has 7 heteroatoms. The Bertz CT molecular complexity index is 804. The van der Waals surface area contributed by atoms with Crippen molar-refractivity contribution in [2.45, 2.75) is 66.5 Å². The van der Waals surface area contributed by atoms with Crippen LogP contribution in [0.2, 0.25) is 0 Å². The van der Waals surface area contributed by atoms with E-state index < -0.39 is 0 Å². The quantitative estimate of drug-likeness (QED) is 0.484. The molecule has 1 aromatic carbocycles. The normalized spacial score (nSPS) is 13.2. The largest absolute Gasteiger partial charge is 0.497 e. The lowest BCUT2D eigenvalue weighted by Gasteiger charge is -2.23. The third-order valence-corrected chi connectivity index (χ3v) is 5.14. The molecule has 30 heavy (non-hydrogen) atoms. The predicted molar refractivity (Wildman–Crippen MR) is 123 cm³/mol. The summed E-state index contributed by atoms with van der Waals surface area (Å²) >= 11 is 0. The highest BCUT2D eigenvalue weighted by Gasteiger charge is 2.14. The topological polar surface area (TPSA) is 76.4 Å². The summed E-state index contributed by atoms with van der Waals surface area (Å²) in [5.41, 5.74) is 1.58. The van der Waals surface area contributed by atoms with Gasteiger partial charge in [0, 0.05) is 19.6 Å². The molecule has 2 aromatic rings. The molecule has 0 radical (unpaired) electrons. The van der Waals surface area contributed by atoms with E-state index in [0.717, 1.165) is 49.2 Å². The molecule has 0 saturated heterocycles. The summed E-state index contributed by atoms with van der Waals surface area (Å²) in [4.78, 5) is 4.76. The first-order valence-corrected chi connectivity index (χ1v) is 10.7. The van der Waals surface area contributed by atoms with E-state index in [9.17, 15) is 0 Å². The van der Waals surface area contributed by atoms with Crippen LogP contribution in [-0.2, 0) is 20.0 Å². The summed E-state index contributed by atoms with van der Waals surface area (Å²) in [7, 11) is 3.65. The van der Waals surface area contributed by atoms with Crippen LogP contribution in [0.1, 0.15) is 57.7 Å². The van der Waals surface area contributed by atoms with Crippen LogP contribution in [0.25, 0.3) is 0 Å². The fourth-order valence-electron chi connectivity index (χ4n) is 2.96. The van der Waals surface area contributed by atoms with Crippen LogP contribution in [0.3, 0.4) is 0 Å². The molecule has 0 aliphatic rings. The molecule has 0 spiro atoms. The highest BCUT2D eigenvalue weighted by molar-refractivity contribution is 5.80. The Balaban J connectivity index is 1.97. The summed E-state index contributed by atoms with van der Waals surface area (Å²) in [5, 5.41) is 15.4. The van der Waals surface area contributed by atoms with E-state index in [1.165, 1.54) is 5.56 Å². The first-order chi connectivity index (χ1) is 14.2. The van der Waals surface area contributed by atoms with Gasteiger partial charge in [-0.2, -0.15) is 0 Å². The van der Waals surface area contributed by atoms with Crippen LogP contribution in [-0.4, -0.2) is 40.4 Å². The van der Waals surface area contributed by atoms with Crippen molar-refractivity contribution in [1.82, 2.24) is 25.4 Å². The van der Waals surface area contributed by atoms with Crippen molar-refractivity contribution in [2.75, 3.05) is 13.7 Å². The third kappa shape index (κ3) is 8.05. The molecule has 0 aliphatic carbocycles. The van der Waals surface area contributed by atoms with Gasteiger partial charge >= 0.3 is 0 Å². The Labute approximate surface area is 181 Å². The van der Waals surface area contributed by atoms with Gasteiger partial charge in [-0.25, -0.2) is 4.99 Å². The lowest BCUT2D eigenvalue weighted by Crippen LogP contribution is -2.43. The Hall–Kier alpha value is -2.57. The molecule has 1 heterocycles. The van der Waals surface area contributed by atoms with E-state index in [2.05, 4.69) is 60.7 Å². The van der Waals surface area contributed by atoms with Crippen molar-refractivity contribution in [3.05, 3.63) is 41.5 Å². The molecule has 1 atom stereocenters. The number of ether oxygens (including phenoxy) is 1. The van der Waals surface area contributed by atoms with Crippen LogP contribution in [0.5, 0.6) is 5.75 Å². The molecule has 0 aliphatic heterocycles. The van der Waals surface area contributed by atoms with Gasteiger partial charge in [0.2, 0.25) is 0 Å². The molecule has 7 nitrogen and oxygen atoms in total. The Morgan fingerprint density at radius 2 is 1.90 bits per heavy atom. The summed E-state index contributed by atoms with van der Waals surface area (Å²) in [5.74, 6) is 3.43. The van der Waals surface area contributed by atoms with Gasteiger partial charge in [-0.15, -0.1) is 10.2 Å². The number of aromatic nitrogens is 3. The van der Waals surface area contributed by atoms with E-state index >= 15 is 0 Å². The lowest BCUT2D eigenvalue weighted by molar-refractivity contribution is 0.346. The lowest BCUT2D eigenvalue weighted by atomic mass is 9.89. The van der Waals surface area contributed by atoms with Crippen LogP contribution >= 0.6 is 0 Å². The van der Waals surface area contributed by atoms with Gasteiger partial charge in [0.1, 0.15) is 18.1 Å².